The van der Waals surface area contributed by atoms with Crippen molar-refractivity contribution in [1.29, 1.82) is 0 Å². The number of piperazine rings is 1. The molecule has 0 radical (unpaired) electrons. The van der Waals surface area contributed by atoms with Crippen molar-refractivity contribution in [2.75, 3.05) is 39.3 Å². The quantitative estimate of drug-likeness (QED) is 0.908. The molecule has 128 valence electrons. The van der Waals surface area contributed by atoms with Gasteiger partial charge in [-0.25, -0.2) is 0 Å². The summed E-state index contributed by atoms with van der Waals surface area (Å²) in [5.74, 6) is 0.280. The van der Waals surface area contributed by atoms with Crippen molar-refractivity contribution < 1.29 is 4.79 Å². The Morgan fingerprint density at radius 3 is 2.43 bits per heavy atom. The van der Waals surface area contributed by atoms with E-state index in [4.69, 9.17) is 0 Å². The van der Waals surface area contributed by atoms with Crippen molar-refractivity contribution in [3.63, 3.8) is 0 Å². The Morgan fingerprint density at radius 1 is 1.13 bits per heavy atom. The van der Waals surface area contributed by atoms with E-state index in [1.54, 1.807) is 0 Å². The lowest BCUT2D eigenvalue weighted by Crippen LogP contribution is -2.49. The number of hydrogen-bond acceptors (Lipinski definition) is 3. The fraction of sp³-hybridized carbons (Fsp3) is 0.611. The van der Waals surface area contributed by atoms with Crippen molar-refractivity contribution >= 4 is 18.3 Å². The van der Waals surface area contributed by atoms with Gasteiger partial charge in [-0.15, -0.1) is 12.4 Å². The van der Waals surface area contributed by atoms with Gasteiger partial charge < -0.3 is 10.2 Å². The number of carbonyl (C=O) groups is 1. The zero-order chi connectivity index (χ0) is 15.4. The molecule has 1 atom stereocenters. The molecule has 3 rings (SSSR count). The Kier molecular flexibility index (Phi) is 6.88. The molecule has 0 aromatic heterocycles. The molecule has 2 aliphatic heterocycles. The van der Waals surface area contributed by atoms with Gasteiger partial charge in [-0.05, 0) is 24.0 Å². The van der Waals surface area contributed by atoms with E-state index < -0.39 is 0 Å². The minimum Gasteiger partial charge on any atom is -0.341 e. The first kappa shape index (κ1) is 18.2. The van der Waals surface area contributed by atoms with E-state index in [0.717, 1.165) is 57.7 Å². The van der Waals surface area contributed by atoms with Crippen molar-refractivity contribution in [1.82, 2.24) is 15.1 Å². The number of aryl methyl sites for hydroxylation is 1. The molecule has 2 fully saturated rings. The molecule has 1 unspecified atom stereocenters. The van der Waals surface area contributed by atoms with Gasteiger partial charge >= 0.3 is 0 Å². The average Bonchev–Trinajstić information content (AvgIpc) is 3.06. The summed E-state index contributed by atoms with van der Waals surface area (Å²) in [5, 5.41) is 3.39. The van der Waals surface area contributed by atoms with E-state index >= 15 is 0 Å². The number of amides is 1. The SMILES string of the molecule is CCc1ccc(CC(=O)N2CCC(N3CCNCC3)C2)cc1.Cl. The molecule has 1 N–H and O–H groups in total. The summed E-state index contributed by atoms with van der Waals surface area (Å²) in [6, 6.07) is 9.03. The average molecular weight is 338 g/mol. The summed E-state index contributed by atoms with van der Waals surface area (Å²) in [6.07, 6.45) is 2.71. The molecule has 5 heteroatoms. The Bertz CT molecular complexity index is 499. The van der Waals surface area contributed by atoms with Gasteiger partial charge in [-0.3, -0.25) is 9.69 Å². The third-order valence-corrected chi connectivity index (χ3v) is 4.97. The summed E-state index contributed by atoms with van der Waals surface area (Å²) in [7, 11) is 0. The van der Waals surface area contributed by atoms with Crippen LogP contribution in [-0.2, 0) is 17.6 Å². The third kappa shape index (κ3) is 4.69. The van der Waals surface area contributed by atoms with Crippen LogP contribution in [0.15, 0.2) is 24.3 Å². The van der Waals surface area contributed by atoms with Crippen molar-refractivity contribution in [3.8, 4) is 0 Å². The second-order valence-corrected chi connectivity index (χ2v) is 6.42. The zero-order valence-corrected chi connectivity index (χ0v) is 14.8. The highest BCUT2D eigenvalue weighted by Gasteiger charge is 2.30. The predicted octanol–water partition coefficient (Wildman–Crippen LogP) is 1.72. The molecule has 23 heavy (non-hydrogen) atoms. The van der Waals surface area contributed by atoms with Crippen molar-refractivity contribution in [2.45, 2.75) is 32.2 Å². The summed E-state index contributed by atoms with van der Waals surface area (Å²) < 4.78 is 0. The highest BCUT2D eigenvalue weighted by molar-refractivity contribution is 5.85. The highest BCUT2D eigenvalue weighted by Crippen LogP contribution is 2.17. The standard InChI is InChI=1S/C18H27N3O.ClH/c1-2-15-3-5-16(6-4-15)13-18(22)21-10-7-17(14-21)20-11-8-19-9-12-20;/h3-6,17,19H,2,7-14H2,1H3;1H. The summed E-state index contributed by atoms with van der Waals surface area (Å²) in [4.78, 5) is 17.1. The monoisotopic (exact) mass is 337 g/mol. The summed E-state index contributed by atoms with van der Waals surface area (Å²) >= 11 is 0. The van der Waals surface area contributed by atoms with Crippen LogP contribution in [0.1, 0.15) is 24.5 Å². The van der Waals surface area contributed by atoms with Gasteiger partial charge in [-0.1, -0.05) is 31.2 Å². The van der Waals surface area contributed by atoms with Gasteiger partial charge in [0.1, 0.15) is 0 Å². The highest BCUT2D eigenvalue weighted by atomic mass is 35.5. The van der Waals surface area contributed by atoms with Crippen LogP contribution in [0.2, 0.25) is 0 Å². The normalized spacial score (nSPS) is 22.0. The smallest absolute Gasteiger partial charge is 0.227 e. The van der Waals surface area contributed by atoms with Gasteiger partial charge in [0.15, 0.2) is 0 Å². The van der Waals surface area contributed by atoms with Crippen molar-refractivity contribution in [2.24, 2.45) is 0 Å². The van der Waals surface area contributed by atoms with Crippen LogP contribution >= 0.6 is 12.4 Å². The largest absolute Gasteiger partial charge is 0.341 e. The van der Waals surface area contributed by atoms with Gasteiger partial charge in [-0.2, -0.15) is 0 Å². The maximum atomic E-state index is 12.5. The fourth-order valence-corrected chi connectivity index (χ4v) is 3.49. The minimum absolute atomic E-state index is 0. The fourth-order valence-electron chi connectivity index (χ4n) is 3.49. The first-order valence-electron chi connectivity index (χ1n) is 8.56. The van der Waals surface area contributed by atoms with E-state index in [1.807, 2.05) is 0 Å². The van der Waals surface area contributed by atoms with Crippen LogP contribution in [0.5, 0.6) is 0 Å². The molecule has 0 saturated carbocycles. The number of carbonyl (C=O) groups excluding carboxylic acids is 1. The number of nitrogens with zero attached hydrogens (tertiary/aromatic N) is 2. The van der Waals surface area contributed by atoms with Crippen molar-refractivity contribution in [3.05, 3.63) is 35.4 Å². The molecular weight excluding hydrogens is 310 g/mol. The van der Waals surface area contributed by atoms with E-state index in [1.165, 1.54) is 5.56 Å². The lowest BCUT2D eigenvalue weighted by Gasteiger charge is -2.32. The maximum Gasteiger partial charge on any atom is 0.227 e. The molecule has 2 saturated heterocycles. The topological polar surface area (TPSA) is 35.6 Å². The molecule has 1 aromatic carbocycles. The Morgan fingerprint density at radius 2 is 1.78 bits per heavy atom. The number of halogens is 1. The van der Waals surface area contributed by atoms with E-state index in [0.29, 0.717) is 12.5 Å². The number of benzene rings is 1. The second kappa shape index (κ2) is 8.67. The molecule has 0 aliphatic carbocycles. The van der Waals surface area contributed by atoms with Gasteiger partial charge in [0, 0.05) is 45.3 Å². The molecule has 0 spiro atoms. The molecule has 1 amide bonds. The first-order valence-corrected chi connectivity index (χ1v) is 8.56. The van der Waals surface area contributed by atoms with Crippen LogP contribution in [0.3, 0.4) is 0 Å². The van der Waals surface area contributed by atoms with E-state index in [-0.39, 0.29) is 18.3 Å². The van der Waals surface area contributed by atoms with Crippen LogP contribution in [0.4, 0.5) is 0 Å². The minimum atomic E-state index is 0. The van der Waals surface area contributed by atoms with Crippen LogP contribution in [-0.4, -0.2) is 61.0 Å². The zero-order valence-electron chi connectivity index (χ0n) is 14.0. The predicted molar refractivity (Wildman–Crippen MR) is 96.2 cm³/mol. The first-order chi connectivity index (χ1) is 10.8. The molecule has 0 bridgehead atoms. The summed E-state index contributed by atoms with van der Waals surface area (Å²) in [5.41, 5.74) is 2.46. The second-order valence-electron chi connectivity index (χ2n) is 6.42. The van der Waals surface area contributed by atoms with Gasteiger partial charge in [0.05, 0.1) is 6.42 Å². The van der Waals surface area contributed by atoms with E-state index in [9.17, 15) is 4.79 Å². The Balaban J connectivity index is 0.00000192. The molecule has 2 heterocycles. The van der Waals surface area contributed by atoms with Crippen LogP contribution < -0.4 is 5.32 Å². The number of likely N-dealkylation sites (tertiary alicyclic amines) is 1. The molecule has 2 aliphatic rings. The molecule has 1 aromatic rings. The lowest BCUT2D eigenvalue weighted by atomic mass is 10.1. The molecule has 4 nitrogen and oxygen atoms in total. The van der Waals surface area contributed by atoms with Gasteiger partial charge in [0.25, 0.3) is 0 Å². The summed E-state index contributed by atoms with van der Waals surface area (Å²) in [6.45, 7) is 8.37. The molecular formula is C18H28ClN3O. The Labute approximate surface area is 145 Å². The number of hydrogen-bond donors (Lipinski definition) is 1. The van der Waals surface area contributed by atoms with Gasteiger partial charge in [0.2, 0.25) is 5.91 Å². The van der Waals surface area contributed by atoms with E-state index in [2.05, 4.69) is 46.3 Å². The number of nitrogens with one attached hydrogen (secondary N) is 1. The maximum absolute atomic E-state index is 12.5. The van der Waals surface area contributed by atoms with Crippen LogP contribution in [0, 0.1) is 0 Å². The Hall–Kier alpha value is -1.10. The number of rotatable bonds is 4. The third-order valence-electron chi connectivity index (χ3n) is 4.97. The van der Waals surface area contributed by atoms with Crippen LogP contribution in [0.25, 0.3) is 0 Å². The lowest BCUT2D eigenvalue weighted by molar-refractivity contribution is -0.129.